The zero-order valence-corrected chi connectivity index (χ0v) is 7.41. The maximum absolute atomic E-state index is 10.8. The number of carbonyl (C=O) groups excluding carboxylic acids is 2. The highest BCUT2D eigenvalue weighted by molar-refractivity contribution is 5.74. The number of nitrogens with one attached hydrogen (secondary N) is 1. The minimum Gasteiger partial charge on any atom is -0.465 e. The summed E-state index contributed by atoms with van der Waals surface area (Å²) in [5, 5.41) is 10.3. The van der Waals surface area contributed by atoms with E-state index in [9.17, 15) is 9.59 Å². The number of hydrogen-bond donors (Lipinski definition) is 2. The van der Waals surface area contributed by atoms with Gasteiger partial charge in [0.25, 0.3) is 0 Å². The third kappa shape index (κ3) is 7.23. The molecule has 0 saturated heterocycles. The lowest BCUT2D eigenvalue weighted by molar-refractivity contribution is -0.233. The smallest absolute Gasteiger partial charge is 0.355 e. The van der Waals surface area contributed by atoms with Crippen molar-refractivity contribution in [3.63, 3.8) is 0 Å². The van der Waals surface area contributed by atoms with Gasteiger partial charge in [0.2, 0.25) is 0 Å². The molecule has 0 amide bonds. The lowest BCUT2D eigenvalue weighted by Crippen LogP contribution is -2.30. The molecular weight excluding hydrogens is 178 g/mol. The molecule has 76 valence electrons. The maximum Gasteiger partial charge on any atom is 0.355 e. The van der Waals surface area contributed by atoms with Crippen molar-refractivity contribution in [2.75, 3.05) is 19.7 Å². The highest BCUT2D eigenvalue weighted by atomic mass is 17.1. The molecule has 0 saturated carbocycles. The van der Waals surface area contributed by atoms with Crippen LogP contribution in [0.15, 0.2) is 0 Å². The Balaban J connectivity index is 3.31. The first kappa shape index (κ1) is 11.9. The van der Waals surface area contributed by atoms with Crippen LogP contribution in [0.5, 0.6) is 0 Å². The van der Waals surface area contributed by atoms with E-state index in [2.05, 4.69) is 10.2 Å². The van der Waals surface area contributed by atoms with E-state index >= 15 is 0 Å². The molecule has 0 atom stereocenters. The Hall–Kier alpha value is -1.14. The first-order valence-corrected chi connectivity index (χ1v) is 3.91. The highest BCUT2D eigenvalue weighted by Crippen LogP contribution is 1.81. The van der Waals surface area contributed by atoms with E-state index in [1.54, 1.807) is 0 Å². The summed E-state index contributed by atoms with van der Waals surface area (Å²) in [7, 11) is 0. The van der Waals surface area contributed by atoms with Gasteiger partial charge in [0, 0.05) is 0 Å². The van der Waals surface area contributed by atoms with Crippen molar-refractivity contribution in [1.82, 2.24) is 5.32 Å². The largest absolute Gasteiger partial charge is 0.465 e. The molecule has 6 nitrogen and oxygen atoms in total. The average molecular weight is 191 g/mol. The number of carbonyl (C=O) groups is 2. The third-order valence-electron chi connectivity index (χ3n) is 1.11. The third-order valence-corrected chi connectivity index (χ3v) is 1.11. The maximum atomic E-state index is 10.8. The minimum atomic E-state index is -0.844. The van der Waals surface area contributed by atoms with Gasteiger partial charge in [-0.2, -0.15) is 5.26 Å². The van der Waals surface area contributed by atoms with E-state index < -0.39 is 11.9 Å². The molecule has 0 radical (unpaired) electrons. The van der Waals surface area contributed by atoms with Gasteiger partial charge >= 0.3 is 11.9 Å². The molecule has 0 aromatic rings. The van der Waals surface area contributed by atoms with Gasteiger partial charge < -0.3 is 4.74 Å². The van der Waals surface area contributed by atoms with E-state index in [1.807, 2.05) is 6.92 Å². The molecule has 0 aromatic heterocycles. The second kappa shape index (κ2) is 7.51. The zero-order valence-electron chi connectivity index (χ0n) is 7.41. The van der Waals surface area contributed by atoms with Gasteiger partial charge in [-0.05, 0) is 6.42 Å². The summed E-state index contributed by atoms with van der Waals surface area (Å²) >= 11 is 0. The van der Waals surface area contributed by atoms with Gasteiger partial charge in [0.15, 0.2) is 0 Å². The first-order valence-electron chi connectivity index (χ1n) is 3.91. The summed E-state index contributed by atoms with van der Waals surface area (Å²) in [6.07, 6.45) is 0.754. The van der Waals surface area contributed by atoms with E-state index in [1.165, 1.54) is 0 Å². The van der Waals surface area contributed by atoms with E-state index in [0.717, 1.165) is 6.42 Å². The fourth-order valence-corrected chi connectivity index (χ4v) is 0.566. The van der Waals surface area contributed by atoms with Gasteiger partial charge in [-0.1, -0.05) is 6.92 Å². The number of ether oxygens (including phenoxy) is 1. The fraction of sp³-hybridized carbons (Fsp3) is 0.714. The predicted octanol–water partition coefficient (Wildman–Crippen LogP) is -0.455. The van der Waals surface area contributed by atoms with Crippen molar-refractivity contribution in [2.24, 2.45) is 0 Å². The summed E-state index contributed by atoms with van der Waals surface area (Å²) in [6, 6.07) is 0. The van der Waals surface area contributed by atoms with Crippen LogP contribution in [0.4, 0.5) is 0 Å². The number of esters is 1. The normalized spacial score (nSPS) is 9.38. The lowest BCUT2D eigenvalue weighted by atomic mass is 10.5. The summed E-state index contributed by atoms with van der Waals surface area (Å²) in [5.74, 6) is -1.28. The molecule has 0 unspecified atom stereocenters. The Labute approximate surface area is 75.8 Å². The monoisotopic (exact) mass is 191 g/mol. The second-order valence-corrected chi connectivity index (χ2v) is 2.29. The summed E-state index contributed by atoms with van der Waals surface area (Å²) in [6.45, 7) is 1.95. The SMILES string of the molecule is CCCOC(=O)CNCC(=O)OO. The Bertz CT molecular complexity index is 170. The standard InChI is InChI=1S/C7H13NO5/c1-2-3-12-6(9)4-8-5-7(10)13-11/h8,11H,2-5H2,1H3. The van der Waals surface area contributed by atoms with Gasteiger partial charge in [-0.25, -0.2) is 4.79 Å². The van der Waals surface area contributed by atoms with Crippen molar-refractivity contribution in [2.45, 2.75) is 13.3 Å². The first-order chi connectivity index (χ1) is 6.20. The topological polar surface area (TPSA) is 84.9 Å². The van der Waals surface area contributed by atoms with Gasteiger partial charge in [0.1, 0.15) is 0 Å². The molecule has 0 aromatic carbocycles. The van der Waals surface area contributed by atoms with Crippen LogP contribution in [0.25, 0.3) is 0 Å². The summed E-state index contributed by atoms with van der Waals surface area (Å²) in [4.78, 5) is 24.5. The van der Waals surface area contributed by atoms with Crippen LogP contribution in [-0.2, 0) is 19.2 Å². The molecule has 0 aliphatic heterocycles. The second-order valence-electron chi connectivity index (χ2n) is 2.29. The van der Waals surface area contributed by atoms with Crippen LogP contribution in [0.1, 0.15) is 13.3 Å². The minimum absolute atomic E-state index is 0.0743. The lowest BCUT2D eigenvalue weighted by Gasteiger charge is -2.02. The van der Waals surface area contributed by atoms with Crippen LogP contribution in [0.3, 0.4) is 0 Å². The summed E-state index contributed by atoms with van der Waals surface area (Å²) in [5.41, 5.74) is 0. The van der Waals surface area contributed by atoms with Crippen molar-refractivity contribution < 1.29 is 24.5 Å². The van der Waals surface area contributed by atoms with Crippen molar-refractivity contribution in [3.8, 4) is 0 Å². The Kier molecular flexibility index (Phi) is 6.85. The van der Waals surface area contributed by atoms with E-state index in [-0.39, 0.29) is 13.1 Å². The molecule has 13 heavy (non-hydrogen) atoms. The Morgan fingerprint density at radius 1 is 1.31 bits per heavy atom. The van der Waals surface area contributed by atoms with Gasteiger partial charge in [0.05, 0.1) is 19.7 Å². The quantitative estimate of drug-likeness (QED) is 0.336. The predicted molar refractivity (Wildman–Crippen MR) is 42.8 cm³/mol. The van der Waals surface area contributed by atoms with Crippen molar-refractivity contribution in [1.29, 1.82) is 0 Å². The molecule has 6 heteroatoms. The van der Waals surface area contributed by atoms with Crippen LogP contribution in [-0.4, -0.2) is 36.9 Å². The van der Waals surface area contributed by atoms with Crippen LogP contribution in [0.2, 0.25) is 0 Å². The fourth-order valence-electron chi connectivity index (χ4n) is 0.566. The van der Waals surface area contributed by atoms with Crippen LogP contribution >= 0.6 is 0 Å². The molecule has 0 fully saturated rings. The highest BCUT2D eigenvalue weighted by Gasteiger charge is 2.04. The van der Waals surface area contributed by atoms with Gasteiger partial charge in [-0.15, -0.1) is 0 Å². The van der Waals surface area contributed by atoms with Crippen molar-refractivity contribution in [3.05, 3.63) is 0 Å². The zero-order chi connectivity index (χ0) is 10.1. The van der Waals surface area contributed by atoms with Crippen molar-refractivity contribution >= 4 is 11.9 Å². The van der Waals surface area contributed by atoms with E-state index in [0.29, 0.717) is 6.61 Å². The van der Waals surface area contributed by atoms with Crippen LogP contribution < -0.4 is 5.32 Å². The molecule has 2 N–H and O–H groups in total. The number of hydrogen-bond acceptors (Lipinski definition) is 6. The Morgan fingerprint density at radius 2 is 1.92 bits per heavy atom. The summed E-state index contributed by atoms with van der Waals surface area (Å²) < 4.78 is 4.69. The van der Waals surface area contributed by atoms with E-state index in [4.69, 9.17) is 9.99 Å². The molecule has 0 bridgehead atoms. The molecule has 0 aliphatic rings. The Morgan fingerprint density at radius 3 is 2.46 bits per heavy atom. The number of rotatable bonds is 6. The molecular formula is C7H13NO5. The molecule has 0 spiro atoms. The average Bonchev–Trinajstić information content (AvgIpc) is 2.14. The molecule has 0 aliphatic carbocycles. The molecule has 0 rings (SSSR count). The van der Waals surface area contributed by atoms with Crippen LogP contribution in [0, 0.1) is 0 Å². The van der Waals surface area contributed by atoms with Gasteiger partial charge in [-0.3, -0.25) is 15.0 Å². The molecule has 0 heterocycles.